The lowest BCUT2D eigenvalue weighted by molar-refractivity contribution is 0.0949. The predicted molar refractivity (Wildman–Crippen MR) is 123 cm³/mol. The predicted octanol–water partition coefficient (Wildman–Crippen LogP) is 4.16. The maximum atomic E-state index is 13.1. The Bertz CT molecular complexity index is 1320. The first-order chi connectivity index (χ1) is 15.6. The van der Waals surface area contributed by atoms with E-state index in [4.69, 9.17) is 14.5 Å². The lowest BCUT2D eigenvalue weighted by Gasteiger charge is -2.20. The van der Waals surface area contributed by atoms with Gasteiger partial charge in [-0.25, -0.2) is 4.98 Å². The smallest absolute Gasteiger partial charge is 0.253 e. The highest BCUT2D eigenvalue weighted by Crippen LogP contribution is 2.33. The number of carbonyl (C=O) groups excluding carboxylic acids is 1. The van der Waals surface area contributed by atoms with Gasteiger partial charge < -0.3 is 23.9 Å². The zero-order valence-corrected chi connectivity index (χ0v) is 18.5. The van der Waals surface area contributed by atoms with Gasteiger partial charge in [0.15, 0.2) is 11.5 Å². The molecule has 2 aromatic heterocycles. The maximum absolute atomic E-state index is 13.1. The summed E-state index contributed by atoms with van der Waals surface area (Å²) in [7, 11) is 0. The minimum atomic E-state index is -0.114. The highest BCUT2D eigenvalue weighted by Gasteiger charge is 2.19. The van der Waals surface area contributed by atoms with E-state index in [-0.39, 0.29) is 5.91 Å². The fraction of sp³-hybridized carbons (Fsp3) is 0.280. The number of benzene rings is 2. The molecule has 3 heterocycles. The van der Waals surface area contributed by atoms with Crippen molar-refractivity contribution < 1.29 is 14.3 Å². The molecule has 4 aromatic rings. The third-order valence-corrected chi connectivity index (χ3v) is 5.92. The largest absolute Gasteiger partial charge is 0.486 e. The van der Waals surface area contributed by atoms with Crippen molar-refractivity contribution in [2.24, 2.45) is 0 Å². The summed E-state index contributed by atoms with van der Waals surface area (Å²) in [6.07, 6.45) is 0. The Hall–Kier alpha value is -3.74. The van der Waals surface area contributed by atoms with Crippen LogP contribution in [0, 0.1) is 13.8 Å². The van der Waals surface area contributed by atoms with Crippen LogP contribution >= 0.6 is 0 Å². The van der Waals surface area contributed by atoms with E-state index in [1.807, 2.05) is 56.3 Å². The molecule has 1 aliphatic heterocycles. The summed E-state index contributed by atoms with van der Waals surface area (Å²) < 4.78 is 15.6. The number of ether oxygens (including phenoxy) is 2. The fourth-order valence-corrected chi connectivity index (χ4v) is 4.43. The molecule has 2 aromatic carbocycles. The summed E-state index contributed by atoms with van der Waals surface area (Å²) in [6.45, 7) is 8.30. The number of hydrogen-bond acceptors (Lipinski definition) is 4. The topological polar surface area (TPSA) is 70.3 Å². The van der Waals surface area contributed by atoms with Gasteiger partial charge in [0.05, 0.1) is 23.1 Å². The van der Waals surface area contributed by atoms with Gasteiger partial charge in [-0.1, -0.05) is 12.1 Å². The van der Waals surface area contributed by atoms with Gasteiger partial charge in [0.25, 0.3) is 5.91 Å². The number of nitrogens with zero attached hydrogens (tertiary/aromatic N) is 3. The summed E-state index contributed by atoms with van der Waals surface area (Å²) in [5, 5.41) is 3.05. The third kappa shape index (κ3) is 3.39. The maximum Gasteiger partial charge on any atom is 0.253 e. The normalized spacial score (nSPS) is 12.8. The van der Waals surface area contributed by atoms with Crippen molar-refractivity contribution in [1.29, 1.82) is 0 Å². The second-order valence-electron chi connectivity index (χ2n) is 7.89. The first-order valence-corrected chi connectivity index (χ1v) is 10.9. The summed E-state index contributed by atoms with van der Waals surface area (Å²) in [4.78, 5) is 17.8. The molecule has 5 rings (SSSR count). The van der Waals surface area contributed by atoms with Crippen LogP contribution in [-0.4, -0.2) is 33.2 Å². The summed E-state index contributed by atoms with van der Waals surface area (Å²) in [5.74, 6) is 2.21. The lowest BCUT2D eigenvalue weighted by atomic mass is 10.2. The van der Waals surface area contributed by atoms with Crippen LogP contribution in [0.25, 0.3) is 16.7 Å². The van der Waals surface area contributed by atoms with Crippen LogP contribution in [-0.2, 0) is 13.1 Å². The van der Waals surface area contributed by atoms with Crippen LogP contribution in [0.4, 0.5) is 0 Å². The highest BCUT2D eigenvalue weighted by molar-refractivity contribution is 5.96. The minimum absolute atomic E-state index is 0.114. The van der Waals surface area contributed by atoms with Gasteiger partial charge in [0.1, 0.15) is 19.0 Å². The van der Waals surface area contributed by atoms with Crippen molar-refractivity contribution in [3.8, 4) is 17.2 Å². The molecule has 32 heavy (non-hydrogen) atoms. The minimum Gasteiger partial charge on any atom is -0.486 e. The summed E-state index contributed by atoms with van der Waals surface area (Å²) >= 11 is 0. The van der Waals surface area contributed by atoms with Gasteiger partial charge in [-0.2, -0.15) is 0 Å². The number of aryl methyl sites for hydroxylation is 2. The monoisotopic (exact) mass is 430 g/mol. The number of nitrogens with one attached hydrogen (secondary N) is 1. The lowest BCUT2D eigenvalue weighted by Crippen LogP contribution is -2.25. The number of hydrogen-bond donors (Lipinski definition) is 1. The van der Waals surface area contributed by atoms with Crippen LogP contribution in [0.3, 0.4) is 0 Å². The van der Waals surface area contributed by atoms with E-state index >= 15 is 0 Å². The van der Waals surface area contributed by atoms with E-state index in [1.165, 1.54) is 0 Å². The molecule has 164 valence electrons. The van der Waals surface area contributed by atoms with E-state index in [1.54, 1.807) is 0 Å². The molecular formula is C25H26N4O3. The van der Waals surface area contributed by atoms with Crippen molar-refractivity contribution in [2.75, 3.05) is 13.2 Å². The molecule has 1 N–H and O–H groups in total. The Morgan fingerprint density at radius 3 is 2.66 bits per heavy atom. The first-order valence-electron chi connectivity index (χ1n) is 10.9. The Labute approximate surface area is 186 Å². The number of carbonyl (C=O) groups is 1. The average molecular weight is 431 g/mol. The fourth-order valence-electron chi connectivity index (χ4n) is 4.43. The molecule has 0 radical (unpaired) electrons. The Balaban J connectivity index is 1.40. The Morgan fingerprint density at radius 2 is 1.84 bits per heavy atom. The number of amides is 1. The quantitative estimate of drug-likeness (QED) is 0.516. The molecule has 0 unspecified atom stereocenters. The van der Waals surface area contributed by atoms with Gasteiger partial charge in [-0.15, -0.1) is 0 Å². The molecule has 0 bridgehead atoms. The molecule has 0 fully saturated rings. The van der Waals surface area contributed by atoms with Crippen molar-refractivity contribution in [2.45, 2.75) is 33.9 Å². The molecule has 0 saturated carbocycles. The van der Waals surface area contributed by atoms with Crippen molar-refractivity contribution >= 4 is 16.9 Å². The van der Waals surface area contributed by atoms with Gasteiger partial charge in [-0.3, -0.25) is 4.79 Å². The second kappa shape index (κ2) is 8.07. The molecule has 0 saturated heterocycles. The molecule has 7 heteroatoms. The number of rotatable bonds is 5. The SMILES string of the molecule is CCn1c(CNC(=O)c2cc(C)n(-c3ccc4c(c3)OCCO4)c2C)nc2ccccc21. The molecule has 0 atom stereocenters. The summed E-state index contributed by atoms with van der Waals surface area (Å²) in [6, 6.07) is 15.8. The third-order valence-electron chi connectivity index (χ3n) is 5.92. The standard InChI is InChI=1S/C25H26N4O3/c1-4-28-21-8-6-5-7-20(21)27-24(28)15-26-25(30)19-13-16(2)29(17(19)3)18-9-10-22-23(14-18)32-12-11-31-22/h5-10,13-14H,4,11-12,15H2,1-3H3,(H,26,30). The Morgan fingerprint density at radius 1 is 1.06 bits per heavy atom. The van der Waals surface area contributed by atoms with Crippen molar-refractivity contribution in [3.05, 3.63) is 71.3 Å². The van der Waals surface area contributed by atoms with E-state index in [9.17, 15) is 4.79 Å². The van der Waals surface area contributed by atoms with Gasteiger partial charge in [0, 0.05) is 29.7 Å². The molecule has 1 aliphatic rings. The van der Waals surface area contributed by atoms with E-state index in [0.29, 0.717) is 25.3 Å². The zero-order valence-electron chi connectivity index (χ0n) is 18.5. The summed E-state index contributed by atoms with van der Waals surface area (Å²) in [5.41, 5.74) is 5.46. The number of para-hydroxylation sites is 2. The second-order valence-corrected chi connectivity index (χ2v) is 7.89. The van der Waals surface area contributed by atoms with E-state index in [2.05, 4.69) is 27.4 Å². The van der Waals surface area contributed by atoms with Crippen molar-refractivity contribution in [3.63, 3.8) is 0 Å². The van der Waals surface area contributed by atoms with Crippen molar-refractivity contribution in [1.82, 2.24) is 19.4 Å². The Kier molecular flexibility index (Phi) is 5.09. The number of aromatic nitrogens is 3. The van der Waals surface area contributed by atoms with Gasteiger partial charge >= 0.3 is 0 Å². The van der Waals surface area contributed by atoms with E-state index in [0.717, 1.165) is 52.0 Å². The molecule has 0 spiro atoms. The molecule has 0 aliphatic carbocycles. The van der Waals surface area contributed by atoms with Gasteiger partial charge in [-0.05, 0) is 51.1 Å². The van der Waals surface area contributed by atoms with Crippen LogP contribution < -0.4 is 14.8 Å². The first kappa shape index (κ1) is 20.2. The highest BCUT2D eigenvalue weighted by atomic mass is 16.6. The number of imidazole rings is 1. The van der Waals surface area contributed by atoms with Crippen LogP contribution in [0.5, 0.6) is 11.5 Å². The van der Waals surface area contributed by atoms with Crippen LogP contribution in [0.2, 0.25) is 0 Å². The van der Waals surface area contributed by atoms with Crippen LogP contribution in [0.15, 0.2) is 48.5 Å². The zero-order chi connectivity index (χ0) is 22.2. The average Bonchev–Trinajstić information content (AvgIpc) is 3.33. The van der Waals surface area contributed by atoms with E-state index < -0.39 is 0 Å². The van der Waals surface area contributed by atoms with Gasteiger partial charge in [0.2, 0.25) is 0 Å². The molecular weight excluding hydrogens is 404 g/mol. The number of fused-ring (bicyclic) bond motifs is 2. The molecule has 7 nitrogen and oxygen atoms in total. The van der Waals surface area contributed by atoms with Crippen LogP contribution in [0.1, 0.15) is 34.5 Å². The molecule has 1 amide bonds.